The number of halogens is 2. The lowest BCUT2D eigenvalue weighted by Gasteiger charge is -2.13. The van der Waals surface area contributed by atoms with Gasteiger partial charge in [0.05, 0.1) is 16.3 Å². The van der Waals surface area contributed by atoms with E-state index in [1.807, 2.05) is 23.6 Å². The number of aromatic nitrogens is 1. The van der Waals surface area contributed by atoms with Gasteiger partial charge in [0.2, 0.25) is 0 Å². The number of carbonyl (C=O) groups excluding carboxylic acids is 1. The summed E-state index contributed by atoms with van der Waals surface area (Å²) >= 11 is 1.60. The van der Waals surface area contributed by atoms with Crippen molar-refractivity contribution in [2.24, 2.45) is 0 Å². The molecule has 1 N–H and O–H groups in total. The average Bonchev–Trinajstić information content (AvgIpc) is 3.34. The van der Waals surface area contributed by atoms with Gasteiger partial charge in [0.1, 0.15) is 5.69 Å². The normalized spacial score (nSPS) is 16.9. The quantitative estimate of drug-likeness (QED) is 0.708. The smallest absolute Gasteiger partial charge is 0.268 e. The molecule has 1 amide bonds. The highest BCUT2D eigenvalue weighted by Crippen LogP contribution is 2.29. The summed E-state index contributed by atoms with van der Waals surface area (Å²) in [6.07, 6.45) is 2.03. The van der Waals surface area contributed by atoms with Crippen LogP contribution in [-0.2, 0) is 11.3 Å². The van der Waals surface area contributed by atoms with Crippen LogP contribution in [0.4, 0.5) is 8.78 Å². The molecule has 1 unspecified atom stereocenters. The summed E-state index contributed by atoms with van der Waals surface area (Å²) in [4.78, 5) is 13.9. The largest absolute Gasteiger partial charge is 0.376 e. The van der Waals surface area contributed by atoms with Crippen molar-refractivity contribution in [3.8, 4) is 0 Å². The number of ether oxygens (including phenoxy) is 1. The van der Waals surface area contributed by atoms with Crippen molar-refractivity contribution in [1.29, 1.82) is 0 Å². The Morgan fingerprint density at radius 1 is 1.30 bits per heavy atom. The molecule has 1 aliphatic rings. The molecule has 3 heterocycles. The Bertz CT molecular complexity index is 989. The molecular weight excluding hydrogens is 370 g/mol. The summed E-state index contributed by atoms with van der Waals surface area (Å²) in [6, 6.07) is 7.70. The minimum atomic E-state index is -0.887. The van der Waals surface area contributed by atoms with Crippen LogP contribution in [0.5, 0.6) is 0 Å². The van der Waals surface area contributed by atoms with Gasteiger partial charge < -0.3 is 14.6 Å². The maximum Gasteiger partial charge on any atom is 0.268 e. The molecule has 142 valence electrons. The number of hydrogen-bond acceptors (Lipinski definition) is 3. The fourth-order valence-corrected chi connectivity index (χ4v) is 4.41. The van der Waals surface area contributed by atoms with E-state index in [9.17, 15) is 13.6 Å². The van der Waals surface area contributed by atoms with Crippen molar-refractivity contribution < 1.29 is 18.3 Å². The summed E-state index contributed by atoms with van der Waals surface area (Å²) in [5, 5.41) is 2.94. The third-order valence-electron chi connectivity index (χ3n) is 4.78. The first-order valence-electron chi connectivity index (χ1n) is 8.94. The van der Waals surface area contributed by atoms with E-state index in [1.165, 1.54) is 12.1 Å². The van der Waals surface area contributed by atoms with Gasteiger partial charge in [0.25, 0.3) is 5.91 Å². The van der Waals surface area contributed by atoms with Gasteiger partial charge in [-0.1, -0.05) is 6.07 Å². The first kappa shape index (κ1) is 18.1. The van der Waals surface area contributed by atoms with Crippen LogP contribution >= 0.6 is 11.3 Å². The SMILES string of the molecule is Cc1cc2c(cc(C(=O)NCC3CCCO3)n2Cc2ccc(F)c(F)c2)s1. The molecule has 3 aromatic rings. The van der Waals surface area contributed by atoms with Gasteiger partial charge >= 0.3 is 0 Å². The molecule has 4 rings (SSSR count). The Balaban J connectivity index is 1.63. The van der Waals surface area contributed by atoms with Gasteiger partial charge in [-0.2, -0.15) is 0 Å². The van der Waals surface area contributed by atoms with Crippen LogP contribution in [-0.4, -0.2) is 29.7 Å². The molecule has 0 bridgehead atoms. The van der Waals surface area contributed by atoms with E-state index in [1.54, 1.807) is 11.3 Å². The van der Waals surface area contributed by atoms with Crippen molar-refractivity contribution in [3.05, 3.63) is 58.1 Å². The number of fused-ring (bicyclic) bond motifs is 1. The molecule has 0 saturated carbocycles. The number of amides is 1. The number of carbonyl (C=O) groups is 1. The Morgan fingerprint density at radius 3 is 2.89 bits per heavy atom. The summed E-state index contributed by atoms with van der Waals surface area (Å²) < 4.78 is 35.2. The zero-order valence-electron chi connectivity index (χ0n) is 14.9. The first-order chi connectivity index (χ1) is 13.0. The molecule has 1 aromatic carbocycles. The number of nitrogens with zero attached hydrogens (tertiary/aromatic N) is 1. The van der Waals surface area contributed by atoms with Gasteiger partial charge in [-0.3, -0.25) is 4.79 Å². The topological polar surface area (TPSA) is 43.3 Å². The first-order valence-corrected chi connectivity index (χ1v) is 9.76. The third kappa shape index (κ3) is 3.75. The summed E-state index contributed by atoms with van der Waals surface area (Å²) in [5.41, 5.74) is 2.03. The molecule has 0 radical (unpaired) electrons. The Labute approximate surface area is 159 Å². The Hall–Kier alpha value is -2.25. The zero-order valence-corrected chi connectivity index (χ0v) is 15.7. The van der Waals surface area contributed by atoms with Crippen LogP contribution in [0.2, 0.25) is 0 Å². The monoisotopic (exact) mass is 390 g/mol. The number of benzene rings is 1. The molecule has 4 nitrogen and oxygen atoms in total. The molecule has 0 aliphatic carbocycles. The lowest BCUT2D eigenvalue weighted by molar-refractivity contribution is 0.0851. The standard InChI is InChI=1S/C20H20F2N2O2S/c1-12-7-17-19(27-12)9-18(20(25)23-10-14-3-2-6-26-14)24(17)11-13-4-5-15(21)16(22)8-13/h4-5,7-9,14H,2-3,6,10-11H2,1H3,(H,23,25). The van der Waals surface area contributed by atoms with Gasteiger partial charge in [-0.25, -0.2) is 8.78 Å². The minimum Gasteiger partial charge on any atom is -0.376 e. The van der Waals surface area contributed by atoms with Crippen molar-refractivity contribution in [2.45, 2.75) is 32.4 Å². The highest BCUT2D eigenvalue weighted by atomic mass is 32.1. The second kappa shape index (κ2) is 7.40. The van der Waals surface area contributed by atoms with E-state index >= 15 is 0 Å². The van der Waals surface area contributed by atoms with E-state index in [0.717, 1.165) is 40.6 Å². The lowest BCUT2D eigenvalue weighted by Crippen LogP contribution is -2.33. The fourth-order valence-electron chi connectivity index (χ4n) is 3.45. The minimum absolute atomic E-state index is 0.0620. The molecule has 1 fully saturated rings. The lowest BCUT2D eigenvalue weighted by atomic mass is 10.2. The molecule has 27 heavy (non-hydrogen) atoms. The van der Waals surface area contributed by atoms with E-state index in [0.29, 0.717) is 24.3 Å². The third-order valence-corrected chi connectivity index (χ3v) is 5.77. The molecule has 1 aliphatic heterocycles. The molecule has 7 heteroatoms. The highest BCUT2D eigenvalue weighted by molar-refractivity contribution is 7.19. The second-order valence-electron chi connectivity index (χ2n) is 6.82. The van der Waals surface area contributed by atoms with Crippen molar-refractivity contribution >= 4 is 27.5 Å². The highest BCUT2D eigenvalue weighted by Gasteiger charge is 2.21. The fraction of sp³-hybridized carbons (Fsp3) is 0.350. The molecule has 1 saturated heterocycles. The number of aryl methyl sites for hydroxylation is 1. The van der Waals surface area contributed by atoms with Crippen LogP contribution in [0.3, 0.4) is 0 Å². The maximum atomic E-state index is 13.6. The number of rotatable bonds is 5. The van der Waals surface area contributed by atoms with Crippen LogP contribution in [0, 0.1) is 18.6 Å². The summed E-state index contributed by atoms with van der Waals surface area (Å²) in [5.74, 6) is -1.95. The van der Waals surface area contributed by atoms with Crippen LogP contribution in [0.25, 0.3) is 10.2 Å². The maximum absolute atomic E-state index is 13.6. The number of hydrogen-bond donors (Lipinski definition) is 1. The van der Waals surface area contributed by atoms with Crippen LogP contribution < -0.4 is 5.32 Å². The van der Waals surface area contributed by atoms with Crippen molar-refractivity contribution in [2.75, 3.05) is 13.2 Å². The summed E-state index contributed by atoms with van der Waals surface area (Å²) in [6.45, 7) is 3.51. The van der Waals surface area contributed by atoms with E-state index in [-0.39, 0.29) is 12.0 Å². The van der Waals surface area contributed by atoms with Gasteiger partial charge in [-0.15, -0.1) is 11.3 Å². The summed E-state index contributed by atoms with van der Waals surface area (Å²) in [7, 11) is 0. The van der Waals surface area contributed by atoms with Crippen LogP contribution in [0.1, 0.15) is 33.8 Å². The Kier molecular flexibility index (Phi) is 4.97. The second-order valence-corrected chi connectivity index (χ2v) is 8.10. The van der Waals surface area contributed by atoms with Crippen molar-refractivity contribution in [3.63, 3.8) is 0 Å². The van der Waals surface area contributed by atoms with E-state index in [4.69, 9.17) is 4.74 Å². The molecule has 0 spiro atoms. The average molecular weight is 390 g/mol. The molecular formula is C20H20F2N2O2S. The molecule has 1 atom stereocenters. The van der Waals surface area contributed by atoms with E-state index < -0.39 is 11.6 Å². The van der Waals surface area contributed by atoms with Gasteiger partial charge in [0.15, 0.2) is 11.6 Å². The van der Waals surface area contributed by atoms with Gasteiger partial charge in [-0.05, 0) is 49.6 Å². The number of thiophene rings is 1. The number of nitrogens with one attached hydrogen (secondary N) is 1. The van der Waals surface area contributed by atoms with Crippen LogP contribution in [0.15, 0.2) is 30.3 Å². The Morgan fingerprint density at radius 2 is 2.15 bits per heavy atom. The van der Waals surface area contributed by atoms with Crippen molar-refractivity contribution in [1.82, 2.24) is 9.88 Å². The van der Waals surface area contributed by atoms with Gasteiger partial charge in [0, 0.05) is 24.6 Å². The zero-order chi connectivity index (χ0) is 19.0. The molecule has 2 aromatic heterocycles. The predicted molar refractivity (Wildman–Crippen MR) is 101 cm³/mol. The predicted octanol–water partition coefficient (Wildman–Crippen LogP) is 4.25. The van der Waals surface area contributed by atoms with E-state index in [2.05, 4.69) is 5.32 Å².